The van der Waals surface area contributed by atoms with Crippen LogP contribution in [0.3, 0.4) is 0 Å². The molecule has 1 aliphatic rings. The van der Waals surface area contributed by atoms with Gasteiger partial charge >= 0.3 is 0 Å². The van der Waals surface area contributed by atoms with Crippen molar-refractivity contribution in [3.05, 3.63) is 66.0 Å². The lowest BCUT2D eigenvalue weighted by Gasteiger charge is -2.08. The van der Waals surface area contributed by atoms with Crippen molar-refractivity contribution in [3.63, 3.8) is 0 Å². The van der Waals surface area contributed by atoms with E-state index in [0.29, 0.717) is 28.7 Å². The second kappa shape index (κ2) is 7.33. The van der Waals surface area contributed by atoms with Gasteiger partial charge in [-0.05, 0) is 36.2 Å². The number of hydrogen-bond donors (Lipinski definition) is 2. The Morgan fingerprint density at radius 3 is 2.44 bits per heavy atom. The molecule has 2 heterocycles. The van der Waals surface area contributed by atoms with Crippen LogP contribution in [0.5, 0.6) is 11.5 Å². The molecule has 0 atom stereocenters. The highest BCUT2D eigenvalue weighted by Gasteiger charge is 2.15. The summed E-state index contributed by atoms with van der Waals surface area (Å²) in [7, 11) is 0. The molecule has 1 amide bonds. The van der Waals surface area contributed by atoms with E-state index in [0.717, 1.165) is 12.1 Å². The maximum absolute atomic E-state index is 12.4. The van der Waals surface area contributed by atoms with E-state index in [1.165, 1.54) is 18.0 Å². The predicted octanol–water partition coefficient (Wildman–Crippen LogP) is 3.76. The Morgan fingerprint density at radius 2 is 1.70 bits per heavy atom. The summed E-state index contributed by atoms with van der Waals surface area (Å²) in [5.74, 6) is 1.41. The van der Waals surface area contributed by atoms with Gasteiger partial charge in [0.2, 0.25) is 12.7 Å². The lowest BCUT2D eigenvalue weighted by atomic mass is 10.1. The molecule has 27 heavy (non-hydrogen) atoms. The van der Waals surface area contributed by atoms with E-state index < -0.39 is 0 Å². The molecule has 0 unspecified atom stereocenters. The van der Waals surface area contributed by atoms with Crippen LogP contribution < -0.4 is 20.1 Å². The average molecular weight is 362 g/mol. The number of nitrogens with one attached hydrogen (secondary N) is 2. The highest BCUT2D eigenvalue weighted by Crippen LogP contribution is 2.34. The molecular weight excluding hydrogens is 344 g/mol. The van der Waals surface area contributed by atoms with Gasteiger partial charge in [0.1, 0.15) is 0 Å². The maximum Gasteiger partial charge on any atom is 0.258 e. The van der Waals surface area contributed by atoms with Crippen molar-refractivity contribution < 1.29 is 14.3 Å². The van der Waals surface area contributed by atoms with Gasteiger partial charge < -0.3 is 20.1 Å². The standard InChI is InChI=1S/C20H18N4O3/c1-2-13-3-5-15(6-4-13)24-20-21-10-14(11-22-20)19(25)23-16-7-8-17-18(9-16)27-12-26-17/h3-11H,2,12H2,1H3,(H,23,25)(H,21,22,24). The summed E-state index contributed by atoms with van der Waals surface area (Å²) in [5.41, 5.74) is 3.13. The summed E-state index contributed by atoms with van der Waals surface area (Å²) in [6.45, 7) is 2.30. The second-order valence-corrected chi connectivity index (χ2v) is 5.99. The average Bonchev–Trinajstić information content (AvgIpc) is 3.17. The molecular formula is C20H18N4O3. The summed E-state index contributed by atoms with van der Waals surface area (Å²) < 4.78 is 10.6. The normalized spacial score (nSPS) is 11.9. The van der Waals surface area contributed by atoms with Crippen LogP contribution in [-0.4, -0.2) is 22.7 Å². The van der Waals surface area contributed by atoms with E-state index in [1.807, 2.05) is 12.1 Å². The number of hydrogen-bond acceptors (Lipinski definition) is 6. The highest BCUT2D eigenvalue weighted by molar-refractivity contribution is 6.04. The minimum Gasteiger partial charge on any atom is -0.454 e. The van der Waals surface area contributed by atoms with Crippen LogP contribution in [0.1, 0.15) is 22.8 Å². The molecule has 0 bridgehead atoms. The summed E-state index contributed by atoms with van der Waals surface area (Å²) in [6.07, 6.45) is 3.96. The largest absolute Gasteiger partial charge is 0.454 e. The third kappa shape index (κ3) is 3.82. The van der Waals surface area contributed by atoms with Crippen LogP contribution >= 0.6 is 0 Å². The summed E-state index contributed by atoms with van der Waals surface area (Å²) in [6, 6.07) is 13.3. The van der Waals surface area contributed by atoms with Crippen molar-refractivity contribution in [1.29, 1.82) is 0 Å². The van der Waals surface area contributed by atoms with Crippen LogP contribution in [0, 0.1) is 0 Å². The van der Waals surface area contributed by atoms with Gasteiger partial charge in [-0.1, -0.05) is 19.1 Å². The first-order valence-electron chi connectivity index (χ1n) is 8.60. The van der Waals surface area contributed by atoms with Gasteiger partial charge in [-0.25, -0.2) is 9.97 Å². The predicted molar refractivity (Wildman–Crippen MR) is 102 cm³/mol. The zero-order valence-electron chi connectivity index (χ0n) is 14.7. The van der Waals surface area contributed by atoms with E-state index in [4.69, 9.17) is 9.47 Å². The van der Waals surface area contributed by atoms with Crippen molar-refractivity contribution >= 4 is 23.2 Å². The molecule has 0 saturated carbocycles. The molecule has 0 radical (unpaired) electrons. The Hall–Kier alpha value is -3.61. The summed E-state index contributed by atoms with van der Waals surface area (Å²) in [4.78, 5) is 20.8. The number of anilines is 3. The number of fused-ring (bicyclic) bond motifs is 1. The smallest absolute Gasteiger partial charge is 0.258 e. The molecule has 1 aliphatic heterocycles. The van der Waals surface area contributed by atoms with E-state index in [1.54, 1.807) is 18.2 Å². The number of rotatable bonds is 5. The molecule has 1 aromatic heterocycles. The van der Waals surface area contributed by atoms with Crippen molar-refractivity contribution in [1.82, 2.24) is 9.97 Å². The van der Waals surface area contributed by atoms with Crippen molar-refractivity contribution in [2.45, 2.75) is 13.3 Å². The monoisotopic (exact) mass is 362 g/mol. The Morgan fingerprint density at radius 1 is 1.00 bits per heavy atom. The molecule has 2 aromatic carbocycles. The van der Waals surface area contributed by atoms with E-state index in [-0.39, 0.29) is 12.7 Å². The molecule has 3 aromatic rings. The minimum atomic E-state index is -0.298. The Balaban J connectivity index is 1.41. The van der Waals surface area contributed by atoms with Gasteiger partial charge in [0, 0.05) is 29.8 Å². The number of nitrogens with zero attached hydrogens (tertiary/aromatic N) is 2. The third-order valence-electron chi connectivity index (χ3n) is 4.16. The fourth-order valence-corrected chi connectivity index (χ4v) is 2.64. The van der Waals surface area contributed by atoms with E-state index in [9.17, 15) is 4.79 Å². The maximum atomic E-state index is 12.4. The highest BCUT2D eigenvalue weighted by atomic mass is 16.7. The first-order valence-corrected chi connectivity index (χ1v) is 8.60. The molecule has 0 fully saturated rings. The van der Waals surface area contributed by atoms with Crippen LogP contribution in [0.2, 0.25) is 0 Å². The zero-order chi connectivity index (χ0) is 18.6. The number of amides is 1. The quantitative estimate of drug-likeness (QED) is 0.719. The van der Waals surface area contributed by atoms with Gasteiger partial charge in [0.15, 0.2) is 11.5 Å². The van der Waals surface area contributed by atoms with Crippen LogP contribution in [-0.2, 0) is 6.42 Å². The van der Waals surface area contributed by atoms with Gasteiger partial charge in [0.25, 0.3) is 5.91 Å². The zero-order valence-corrected chi connectivity index (χ0v) is 14.7. The number of ether oxygens (including phenoxy) is 2. The van der Waals surface area contributed by atoms with Gasteiger partial charge in [-0.15, -0.1) is 0 Å². The van der Waals surface area contributed by atoms with E-state index in [2.05, 4.69) is 39.7 Å². The molecule has 0 saturated heterocycles. The molecule has 0 aliphatic carbocycles. The van der Waals surface area contributed by atoms with Crippen molar-refractivity contribution in [2.75, 3.05) is 17.4 Å². The molecule has 4 rings (SSSR count). The minimum absolute atomic E-state index is 0.191. The Bertz CT molecular complexity index is 956. The number of carbonyl (C=O) groups excluding carboxylic acids is 1. The van der Waals surface area contributed by atoms with Gasteiger partial charge in [0.05, 0.1) is 5.56 Å². The summed E-state index contributed by atoms with van der Waals surface area (Å²) >= 11 is 0. The van der Waals surface area contributed by atoms with Gasteiger partial charge in [-0.2, -0.15) is 0 Å². The molecule has 0 spiro atoms. The molecule has 2 N–H and O–H groups in total. The van der Waals surface area contributed by atoms with Crippen molar-refractivity contribution in [3.8, 4) is 11.5 Å². The van der Waals surface area contributed by atoms with Gasteiger partial charge in [-0.3, -0.25) is 4.79 Å². The number of aromatic nitrogens is 2. The first kappa shape index (κ1) is 16.8. The SMILES string of the molecule is CCc1ccc(Nc2ncc(C(=O)Nc3ccc4c(c3)OCO4)cn2)cc1. The topological polar surface area (TPSA) is 85.4 Å². The third-order valence-corrected chi connectivity index (χ3v) is 4.16. The molecule has 7 nitrogen and oxygen atoms in total. The van der Waals surface area contributed by atoms with Crippen LogP contribution in [0.15, 0.2) is 54.9 Å². The fourth-order valence-electron chi connectivity index (χ4n) is 2.64. The summed E-state index contributed by atoms with van der Waals surface area (Å²) in [5, 5.41) is 5.91. The fraction of sp³-hybridized carbons (Fsp3) is 0.150. The molecule has 7 heteroatoms. The van der Waals surface area contributed by atoms with Crippen molar-refractivity contribution in [2.24, 2.45) is 0 Å². The second-order valence-electron chi connectivity index (χ2n) is 5.99. The number of carbonyl (C=O) groups is 1. The van der Waals surface area contributed by atoms with Crippen LogP contribution in [0.4, 0.5) is 17.3 Å². The van der Waals surface area contributed by atoms with E-state index >= 15 is 0 Å². The van der Waals surface area contributed by atoms with Crippen LogP contribution in [0.25, 0.3) is 0 Å². The first-order chi connectivity index (χ1) is 13.2. The number of benzene rings is 2. The Kier molecular flexibility index (Phi) is 4.57. The lowest BCUT2D eigenvalue weighted by molar-refractivity contribution is 0.102. The molecule has 136 valence electrons. The lowest BCUT2D eigenvalue weighted by Crippen LogP contribution is -2.13. The Labute approximate surface area is 156 Å². The number of aryl methyl sites for hydroxylation is 1.